The molecule has 1 amide bonds. The van der Waals surface area contributed by atoms with Crippen molar-refractivity contribution >= 4 is 17.5 Å². The molecule has 3 rings (SSSR count). The number of aryl methyl sites for hydroxylation is 1. The summed E-state index contributed by atoms with van der Waals surface area (Å²) in [6.45, 7) is 6.51. The molecule has 2 fully saturated rings. The van der Waals surface area contributed by atoms with Crippen molar-refractivity contribution in [1.29, 1.82) is 0 Å². The number of amides is 1. The van der Waals surface area contributed by atoms with Gasteiger partial charge < -0.3 is 19.1 Å². The lowest BCUT2D eigenvalue weighted by Gasteiger charge is -2.35. The lowest BCUT2D eigenvalue weighted by atomic mass is 9.96. The van der Waals surface area contributed by atoms with E-state index in [9.17, 15) is 4.79 Å². The van der Waals surface area contributed by atoms with Crippen LogP contribution in [0.3, 0.4) is 0 Å². The van der Waals surface area contributed by atoms with Gasteiger partial charge in [-0.2, -0.15) is 0 Å². The van der Waals surface area contributed by atoms with E-state index in [1.807, 2.05) is 24.0 Å². The molecule has 1 aromatic rings. The van der Waals surface area contributed by atoms with Crippen LogP contribution in [-0.2, 0) is 14.3 Å². The molecule has 0 aromatic heterocycles. The number of ether oxygens (including phenoxy) is 3. The molecule has 24 heavy (non-hydrogen) atoms. The van der Waals surface area contributed by atoms with Crippen molar-refractivity contribution in [1.82, 2.24) is 4.90 Å². The van der Waals surface area contributed by atoms with Gasteiger partial charge in [0.15, 0.2) is 12.4 Å². The third-order valence-corrected chi connectivity index (χ3v) is 4.93. The maximum absolute atomic E-state index is 12.6. The largest absolute Gasteiger partial charge is 0.479 e. The average molecular weight is 354 g/mol. The lowest BCUT2D eigenvalue weighted by molar-refractivity contribution is -0.143. The number of carbonyl (C=O) groups is 1. The molecule has 2 aliphatic heterocycles. The number of halogens is 1. The number of carbonyl (C=O) groups excluding carboxylic acids is 1. The van der Waals surface area contributed by atoms with Gasteiger partial charge in [0.25, 0.3) is 5.91 Å². The molecule has 0 aliphatic carbocycles. The summed E-state index contributed by atoms with van der Waals surface area (Å²) in [6, 6.07) is 5.56. The molecule has 0 bridgehead atoms. The zero-order valence-corrected chi connectivity index (χ0v) is 14.9. The second-order valence-corrected chi connectivity index (χ2v) is 6.87. The van der Waals surface area contributed by atoms with Crippen LogP contribution < -0.4 is 4.74 Å². The van der Waals surface area contributed by atoms with Gasteiger partial charge in [-0.25, -0.2) is 0 Å². The second kappa shape index (κ2) is 7.72. The molecule has 1 unspecified atom stereocenters. The number of benzene rings is 1. The molecule has 0 saturated carbocycles. The third kappa shape index (κ3) is 4.02. The van der Waals surface area contributed by atoms with Crippen LogP contribution >= 0.6 is 11.6 Å². The van der Waals surface area contributed by atoms with Gasteiger partial charge in [-0.1, -0.05) is 17.7 Å². The molecule has 2 aliphatic rings. The molecule has 5 nitrogen and oxygen atoms in total. The summed E-state index contributed by atoms with van der Waals surface area (Å²) in [5, 5.41) is 0.523. The fourth-order valence-corrected chi connectivity index (χ4v) is 3.40. The molecule has 1 aromatic carbocycles. The Kier molecular flexibility index (Phi) is 5.64. The highest BCUT2D eigenvalue weighted by molar-refractivity contribution is 6.32. The van der Waals surface area contributed by atoms with Crippen LogP contribution in [0.1, 0.15) is 25.3 Å². The Morgan fingerprint density at radius 2 is 1.96 bits per heavy atom. The fourth-order valence-electron chi connectivity index (χ4n) is 3.24. The van der Waals surface area contributed by atoms with E-state index in [1.165, 1.54) is 0 Å². The SMILES string of the molecule is Cc1ccc(Cl)c(OC(C)C(=O)N2CCC(C3OCCO3)CC2)c1. The Morgan fingerprint density at radius 3 is 2.62 bits per heavy atom. The minimum absolute atomic E-state index is 0.000665. The number of hydrogen-bond acceptors (Lipinski definition) is 4. The second-order valence-electron chi connectivity index (χ2n) is 6.47. The summed E-state index contributed by atoms with van der Waals surface area (Å²) in [4.78, 5) is 14.5. The number of hydrogen-bond donors (Lipinski definition) is 0. The predicted octanol–water partition coefficient (Wildman–Crippen LogP) is 3.03. The van der Waals surface area contributed by atoms with E-state index in [4.69, 9.17) is 25.8 Å². The van der Waals surface area contributed by atoms with Crippen molar-refractivity contribution in [2.45, 2.75) is 39.1 Å². The minimum atomic E-state index is -0.556. The Balaban J connectivity index is 1.53. The first-order valence-corrected chi connectivity index (χ1v) is 8.87. The Morgan fingerprint density at radius 1 is 1.29 bits per heavy atom. The van der Waals surface area contributed by atoms with E-state index in [-0.39, 0.29) is 12.2 Å². The van der Waals surface area contributed by atoms with E-state index in [1.54, 1.807) is 13.0 Å². The molecule has 0 spiro atoms. The van der Waals surface area contributed by atoms with E-state index in [2.05, 4.69) is 0 Å². The number of likely N-dealkylation sites (tertiary alicyclic amines) is 1. The van der Waals surface area contributed by atoms with E-state index in [0.717, 1.165) is 18.4 Å². The monoisotopic (exact) mass is 353 g/mol. The summed E-state index contributed by atoms with van der Waals surface area (Å²) >= 11 is 6.14. The van der Waals surface area contributed by atoms with E-state index >= 15 is 0 Å². The topological polar surface area (TPSA) is 48.0 Å². The van der Waals surface area contributed by atoms with Crippen LogP contribution in [0, 0.1) is 12.8 Å². The normalized spacial score (nSPS) is 21.0. The van der Waals surface area contributed by atoms with Crippen molar-refractivity contribution in [2.24, 2.45) is 5.92 Å². The summed E-state index contributed by atoms with van der Waals surface area (Å²) < 4.78 is 16.9. The van der Waals surface area contributed by atoms with Crippen LogP contribution in [-0.4, -0.2) is 49.5 Å². The third-order valence-electron chi connectivity index (χ3n) is 4.62. The van der Waals surface area contributed by atoms with Crippen LogP contribution in [0.25, 0.3) is 0 Å². The van der Waals surface area contributed by atoms with E-state index < -0.39 is 6.10 Å². The van der Waals surface area contributed by atoms with E-state index in [0.29, 0.717) is 43.0 Å². The standard InChI is InChI=1S/C18H24ClNO4/c1-12-3-4-15(19)16(11-12)24-13(2)17(21)20-7-5-14(6-8-20)18-22-9-10-23-18/h3-4,11,13-14,18H,5-10H2,1-2H3. The summed E-state index contributed by atoms with van der Waals surface area (Å²) in [5.41, 5.74) is 1.05. The Bertz CT molecular complexity index is 580. The maximum Gasteiger partial charge on any atom is 0.263 e. The number of nitrogens with zero attached hydrogens (tertiary/aromatic N) is 1. The van der Waals surface area contributed by atoms with Gasteiger partial charge >= 0.3 is 0 Å². The predicted molar refractivity (Wildman–Crippen MR) is 91.3 cm³/mol. The molecule has 0 radical (unpaired) electrons. The smallest absolute Gasteiger partial charge is 0.263 e. The van der Waals surface area contributed by atoms with Gasteiger partial charge in [0.1, 0.15) is 5.75 Å². The maximum atomic E-state index is 12.6. The van der Waals surface area contributed by atoms with Gasteiger partial charge in [-0.3, -0.25) is 4.79 Å². The molecular weight excluding hydrogens is 330 g/mol. The van der Waals surface area contributed by atoms with Crippen molar-refractivity contribution in [3.05, 3.63) is 28.8 Å². The Labute approximate surface area is 147 Å². The molecule has 6 heteroatoms. The molecule has 1 atom stereocenters. The zero-order valence-electron chi connectivity index (χ0n) is 14.2. The first-order chi connectivity index (χ1) is 11.5. The highest BCUT2D eigenvalue weighted by Gasteiger charge is 2.33. The lowest BCUT2D eigenvalue weighted by Crippen LogP contribution is -2.46. The van der Waals surface area contributed by atoms with Gasteiger partial charge in [0.2, 0.25) is 0 Å². The van der Waals surface area contributed by atoms with Crippen molar-refractivity contribution in [2.75, 3.05) is 26.3 Å². The summed E-state index contributed by atoms with van der Waals surface area (Å²) in [7, 11) is 0. The van der Waals surface area contributed by atoms with Crippen molar-refractivity contribution in [3.8, 4) is 5.75 Å². The highest BCUT2D eigenvalue weighted by Crippen LogP contribution is 2.28. The molecule has 132 valence electrons. The van der Waals surface area contributed by atoms with Gasteiger partial charge in [0, 0.05) is 19.0 Å². The van der Waals surface area contributed by atoms with Gasteiger partial charge in [-0.05, 0) is 44.4 Å². The van der Waals surface area contributed by atoms with Crippen LogP contribution in [0.5, 0.6) is 5.75 Å². The molecule has 0 N–H and O–H groups in total. The van der Waals surface area contributed by atoms with Crippen LogP contribution in [0.2, 0.25) is 5.02 Å². The van der Waals surface area contributed by atoms with Crippen molar-refractivity contribution in [3.63, 3.8) is 0 Å². The Hall–Kier alpha value is -1.30. The quantitative estimate of drug-likeness (QED) is 0.834. The zero-order chi connectivity index (χ0) is 17.1. The first-order valence-electron chi connectivity index (χ1n) is 8.49. The van der Waals surface area contributed by atoms with Crippen molar-refractivity contribution < 1.29 is 19.0 Å². The molecule has 2 saturated heterocycles. The summed E-state index contributed by atoms with van der Waals surface area (Å²) in [6.07, 6.45) is 1.14. The first kappa shape index (κ1) is 17.5. The average Bonchev–Trinajstić information content (AvgIpc) is 3.12. The summed E-state index contributed by atoms with van der Waals surface area (Å²) in [5.74, 6) is 0.929. The fraction of sp³-hybridized carbons (Fsp3) is 0.611. The highest BCUT2D eigenvalue weighted by atomic mass is 35.5. The molecule has 2 heterocycles. The number of piperidine rings is 1. The minimum Gasteiger partial charge on any atom is -0.479 e. The van der Waals surface area contributed by atoms with Crippen LogP contribution in [0.15, 0.2) is 18.2 Å². The number of rotatable bonds is 4. The van der Waals surface area contributed by atoms with Gasteiger partial charge in [0.05, 0.1) is 18.2 Å². The molecular formula is C18H24ClNO4. The van der Waals surface area contributed by atoms with Crippen LogP contribution in [0.4, 0.5) is 0 Å². The van der Waals surface area contributed by atoms with Gasteiger partial charge in [-0.15, -0.1) is 0 Å².